The molecule has 0 saturated heterocycles. The summed E-state index contributed by atoms with van der Waals surface area (Å²) < 4.78 is 25.0. The maximum Gasteiger partial charge on any atom is 0.251 e. The molecule has 0 spiro atoms. The molecule has 1 atom stereocenters. The van der Waals surface area contributed by atoms with E-state index in [0.717, 1.165) is 11.1 Å². The molecule has 0 aliphatic rings. The molecule has 3 nitrogen and oxygen atoms in total. The molecular formula is C13H20F2N2O. The molecule has 0 saturated carbocycles. The van der Waals surface area contributed by atoms with Crippen LogP contribution in [-0.2, 0) is 0 Å². The van der Waals surface area contributed by atoms with Gasteiger partial charge >= 0.3 is 0 Å². The first-order valence-corrected chi connectivity index (χ1v) is 5.98. The third-order valence-electron chi connectivity index (χ3n) is 2.89. The molecule has 0 radical (unpaired) electrons. The van der Waals surface area contributed by atoms with Gasteiger partial charge in [-0.1, -0.05) is 29.8 Å². The highest BCUT2D eigenvalue weighted by molar-refractivity contribution is 5.24. The van der Waals surface area contributed by atoms with E-state index in [4.69, 9.17) is 10.8 Å². The van der Waals surface area contributed by atoms with Crippen molar-refractivity contribution in [3.8, 4) is 0 Å². The number of nitrogens with two attached hydrogens (primary N) is 1. The van der Waals surface area contributed by atoms with E-state index < -0.39 is 6.43 Å². The second kappa shape index (κ2) is 7.41. The van der Waals surface area contributed by atoms with Gasteiger partial charge in [0, 0.05) is 19.1 Å². The minimum absolute atomic E-state index is 0.158. The third kappa shape index (κ3) is 4.33. The normalized spacial score (nSPS) is 13.3. The number of halogens is 2. The monoisotopic (exact) mass is 258 g/mol. The molecule has 0 fully saturated rings. The SMILES string of the molecule is Cc1ccc(C(CN)N(CCO)CC(F)F)cc1. The highest BCUT2D eigenvalue weighted by atomic mass is 19.3. The van der Waals surface area contributed by atoms with Gasteiger partial charge in [-0.15, -0.1) is 0 Å². The molecule has 1 unspecified atom stereocenters. The number of hydrogen-bond acceptors (Lipinski definition) is 3. The van der Waals surface area contributed by atoms with E-state index in [0.29, 0.717) is 0 Å². The van der Waals surface area contributed by atoms with Crippen LogP contribution >= 0.6 is 0 Å². The topological polar surface area (TPSA) is 49.5 Å². The Morgan fingerprint density at radius 2 is 1.89 bits per heavy atom. The number of hydrogen-bond donors (Lipinski definition) is 2. The summed E-state index contributed by atoms with van der Waals surface area (Å²) in [5.74, 6) is 0. The molecule has 1 aromatic carbocycles. The van der Waals surface area contributed by atoms with E-state index in [1.54, 1.807) is 0 Å². The van der Waals surface area contributed by atoms with Crippen LogP contribution < -0.4 is 5.73 Å². The number of benzene rings is 1. The Morgan fingerprint density at radius 3 is 2.33 bits per heavy atom. The molecule has 0 aromatic heterocycles. The van der Waals surface area contributed by atoms with Crippen LogP contribution in [0.25, 0.3) is 0 Å². The quantitative estimate of drug-likeness (QED) is 0.780. The van der Waals surface area contributed by atoms with Gasteiger partial charge in [-0.3, -0.25) is 4.90 Å². The number of alkyl halides is 2. The highest BCUT2D eigenvalue weighted by Crippen LogP contribution is 2.20. The molecular weight excluding hydrogens is 238 g/mol. The van der Waals surface area contributed by atoms with Gasteiger partial charge in [0.1, 0.15) is 0 Å². The number of aliphatic hydroxyl groups excluding tert-OH is 1. The van der Waals surface area contributed by atoms with Gasteiger partial charge in [0.15, 0.2) is 0 Å². The number of aryl methyl sites for hydroxylation is 1. The van der Waals surface area contributed by atoms with E-state index in [1.165, 1.54) is 4.90 Å². The fourth-order valence-electron chi connectivity index (χ4n) is 1.96. The van der Waals surface area contributed by atoms with Crippen molar-refractivity contribution in [1.82, 2.24) is 4.90 Å². The first kappa shape index (κ1) is 15.0. The van der Waals surface area contributed by atoms with Crippen LogP contribution in [0.5, 0.6) is 0 Å². The van der Waals surface area contributed by atoms with Crippen LogP contribution in [-0.4, -0.2) is 42.7 Å². The van der Waals surface area contributed by atoms with E-state index in [-0.39, 0.29) is 32.3 Å². The van der Waals surface area contributed by atoms with Crippen LogP contribution in [0.1, 0.15) is 17.2 Å². The fourth-order valence-corrected chi connectivity index (χ4v) is 1.96. The molecule has 102 valence electrons. The van der Waals surface area contributed by atoms with Crippen molar-refractivity contribution in [3.63, 3.8) is 0 Å². The minimum atomic E-state index is -2.43. The van der Waals surface area contributed by atoms with Crippen LogP contribution in [0, 0.1) is 6.92 Å². The Kier molecular flexibility index (Phi) is 6.18. The second-order valence-electron chi connectivity index (χ2n) is 4.27. The van der Waals surface area contributed by atoms with Gasteiger partial charge in [-0.2, -0.15) is 0 Å². The van der Waals surface area contributed by atoms with Crippen LogP contribution in [0.3, 0.4) is 0 Å². The molecule has 0 bridgehead atoms. The van der Waals surface area contributed by atoms with Gasteiger partial charge in [0.2, 0.25) is 0 Å². The van der Waals surface area contributed by atoms with E-state index in [9.17, 15) is 8.78 Å². The van der Waals surface area contributed by atoms with Crippen molar-refractivity contribution in [2.24, 2.45) is 5.73 Å². The predicted molar refractivity (Wildman–Crippen MR) is 67.6 cm³/mol. The van der Waals surface area contributed by atoms with Crippen molar-refractivity contribution in [1.29, 1.82) is 0 Å². The van der Waals surface area contributed by atoms with Crippen molar-refractivity contribution in [2.75, 3.05) is 26.2 Å². The molecule has 1 rings (SSSR count). The number of aliphatic hydroxyl groups is 1. The summed E-state index contributed by atoms with van der Waals surface area (Å²) in [4.78, 5) is 1.52. The summed E-state index contributed by atoms with van der Waals surface area (Å²) in [6.07, 6.45) is -2.43. The Morgan fingerprint density at radius 1 is 1.28 bits per heavy atom. The summed E-state index contributed by atoms with van der Waals surface area (Å²) in [6.45, 7) is 1.87. The Hall–Kier alpha value is -1.04. The van der Waals surface area contributed by atoms with Crippen LogP contribution in [0.2, 0.25) is 0 Å². The zero-order chi connectivity index (χ0) is 13.5. The Balaban J connectivity index is 2.86. The lowest BCUT2D eigenvalue weighted by Gasteiger charge is -2.30. The second-order valence-corrected chi connectivity index (χ2v) is 4.27. The molecule has 0 aliphatic carbocycles. The van der Waals surface area contributed by atoms with Crippen molar-refractivity contribution in [2.45, 2.75) is 19.4 Å². The standard InChI is InChI=1S/C13H20F2N2O/c1-10-2-4-11(5-3-10)12(8-16)17(6-7-18)9-13(14)15/h2-5,12-13,18H,6-9,16H2,1H3. The minimum Gasteiger partial charge on any atom is -0.395 e. The van der Waals surface area contributed by atoms with E-state index >= 15 is 0 Å². The number of nitrogens with zero attached hydrogens (tertiary/aromatic N) is 1. The average molecular weight is 258 g/mol. The zero-order valence-corrected chi connectivity index (χ0v) is 10.5. The highest BCUT2D eigenvalue weighted by Gasteiger charge is 2.21. The molecule has 3 N–H and O–H groups in total. The first-order chi connectivity index (χ1) is 8.58. The van der Waals surface area contributed by atoms with Gasteiger partial charge < -0.3 is 10.8 Å². The summed E-state index contributed by atoms with van der Waals surface area (Å²) in [5, 5.41) is 8.96. The van der Waals surface area contributed by atoms with Crippen molar-refractivity contribution < 1.29 is 13.9 Å². The Bertz CT molecular complexity index is 343. The molecule has 0 aliphatic heterocycles. The largest absolute Gasteiger partial charge is 0.395 e. The van der Waals surface area contributed by atoms with Gasteiger partial charge in [0.05, 0.1) is 13.2 Å². The summed E-state index contributed by atoms with van der Waals surface area (Å²) >= 11 is 0. The lowest BCUT2D eigenvalue weighted by Crippen LogP contribution is -2.38. The van der Waals surface area contributed by atoms with Gasteiger partial charge in [-0.05, 0) is 12.5 Å². The van der Waals surface area contributed by atoms with E-state index in [1.807, 2.05) is 31.2 Å². The predicted octanol–water partition coefficient (Wildman–Crippen LogP) is 1.55. The zero-order valence-electron chi connectivity index (χ0n) is 10.5. The lowest BCUT2D eigenvalue weighted by molar-refractivity contribution is 0.0562. The molecule has 0 amide bonds. The summed E-state index contributed by atoms with van der Waals surface area (Å²) in [5.41, 5.74) is 7.69. The summed E-state index contributed by atoms with van der Waals surface area (Å²) in [6, 6.07) is 7.35. The maximum atomic E-state index is 12.5. The Labute approximate surface area is 106 Å². The fraction of sp³-hybridized carbons (Fsp3) is 0.538. The van der Waals surface area contributed by atoms with Crippen molar-refractivity contribution >= 4 is 0 Å². The van der Waals surface area contributed by atoms with Gasteiger partial charge in [0.25, 0.3) is 6.43 Å². The molecule has 0 heterocycles. The average Bonchev–Trinajstić information content (AvgIpc) is 2.32. The third-order valence-corrected chi connectivity index (χ3v) is 2.89. The maximum absolute atomic E-state index is 12.5. The van der Waals surface area contributed by atoms with E-state index in [2.05, 4.69) is 0 Å². The van der Waals surface area contributed by atoms with Crippen molar-refractivity contribution in [3.05, 3.63) is 35.4 Å². The number of rotatable bonds is 7. The van der Waals surface area contributed by atoms with Gasteiger partial charge in [-0.25, -0.2) is 8.78 Å². The molecule has 18 heavy (non-hydrogen) atoms. The lowest BCUT2D eigenvalue weighted by atomic mass is 10.0. The first-order valence-electron chi connectivity index (χ1n) is 5.98. The van der Waals surface area contributed by atoms with Crippen LogP contribution in [0.4, 0.5) is 8.78 Å². The molecule has 1 aromatic rings. The van der Waals surface area contributed by atoms with Crippen LogP contribution in [0.15, 0.2) is 24.3 Å². The molecule has 5 heteroatoms. The summed E-state index contributed by atoms with van der Waals surface area (Å²) in [7, 11) is 0. The smallest absolute Gasteiger partial charge is 0.251 e.